The molecule has 3 aromatic carbocycles. The van der Waals surface area contributed by atoms with Crippen molar-refractivity contribution in [2.75, 3.05) is 17.3 Å². The number of aliphatic hydroxyl groups is 1. The molecule has 0 bridgehead atoms. The first-order valence-corrected chi connectivity index (χ1v) is 8.82. The monoisotopic (exact) mass is 374 g/mol. The van der Waals surface area contributed by atoms with Crippen LogP contribution >= 0.6 is 0 Å². The fourth-order valence-corrected chi connectivity index (χ4v) is 2.90. The van der Waals surface area contributed by atoms with E-state index in [-0.39, 0.29) is 11.7 Å². The third-order valence-corrected chi connectivity index (χ3v) is 4.40. The van der Waals surface area contributed by atoms with Gasteiger partial charge in [0.05, 0.1) is 0 Å². The van der Waals surface area contributed by atoms with Gasteiger partial charge in [0.2, 0.25) is 5.91 Å². The van der Waals surface area contributed by atoms with Crippen LogP contribution in [0.3, 0.4) is 0 Å². The summed E-state index contributed by atoms with van der Waals surface area (Å²) >= 11 is 0. The predicted octanol–water partition coefficient (Wildman–Crippen LogP) is 4.37. The number of aromatic hydroxyl groups is 1. The summed E-state index contributed by atoms with van der Waals surface area (Å²) in [7, 11) is 1.65. The molecule has 1 unspecified atom stereocenters. The number of nitrogens with one attached hydrogen (secondary N) is 1. The summed E-state index contributed by atoms with van der Waals surface area (Å²) in [5.74, 6) is -0.112. The second kappa shape index (κ2) is 8.41. The third-order valence-electron chi connectivity index (χ3n) is 4.40. The lowest BCUT2D eigenvalue weighted by molar-refractivity contribution is -0.113. The molecule has 0 fully saturated rings. The molecule has 1 amide bonds. The molecule has 142 valence electrons. The second-order valence-electron chi connectivity index (χ2n) is 6.40. The van der Waals surface area contributed by atoms with E-state index in [1.165, 1.54) is 11.0 Å². The highest BCUT2D eigenvalue weighted by Crippen LogP contribution is 2.31. The van der Waals surface area contributed by atoms with Crippen molar-refractivity contribution in [2.45, 2.75) is 6.10 Å². The number of anilines is 3. The number of phenolic OH excluding ortho intramolecular Hbond substituents is 1. The van der Waals surface area contributed by atoms with Crippen molar-refractivity contribution in [1.82, 2.24) is 0 Å². The largest absolute Gasteiger partial charge is 0.508 e. The molecule has 5 heteroatoms. The Morgan fingerprint density at radius 1 is 1.00 bits per heavy atom. The van der Waals surface area contributed by atoms with Crippen molar-refractivity contribution in [3.8, 4) is 5.75 Å². The molecule has 0 heterocycles. The van der Waals surface area contributed by atoms with Crippen LogP contribution in [0, 0.1) is 0 Å². The Morgan fingerprint density at radius 3 is 2.43 bits per heavy atom. The lowest BCUT2D eigenvalue weighted by Crippen LogP contribution is -2.24. The van der Waals surface area contributed by atoms with Crippen molar-refractivity contribution in [3.63, 3.8) is 0 Å². The normalized spacial score (nSPS) is 11.5. The summed E-state index contributed by atoms with van der Waals surface area (Å²) in [5, 5.41) is 23.7. The minimum atomic E-state index is -0.849. The van der Waals surface area contributed by atoms with E-state index in [4.69, 9.17) is 0 Å². The Morgan fingerprint density at radius 2 is 1.75 bits per heavy atom. The van der Waals surface area contributed by atoms with Gasteiger partial charge in [0.1, 0.15) is 11.9 Å². The molecule has 0 aromatic heterocycles. The maximum absolute atomic E-state index is 12.1. The van der Waals surface area contributed by atoms with Crippen LogP contribution in [0.1, 0.15) is 17.2 Å². The summed E-state index contributed by atoms with van der Waals surface area (Å²) in [4.78, 5) is 13.5. The highest BCUT2D eigenvalue weighted by Gasteiger charge is 2.16. The average molecular weight is 374 g/mol. The molecule has 3 aromatic rings. The third kappa shape index (κ3) is 4.39. The van der Waals surface area contributed by atoms with Gasteiger partial charge in [-0.25, -0.2) is 0 Å². The standard InChI is InChI=1S/C23H22N2O3/c1-3-22(27)25(2)20-13-17(23(28)16-8-5-4-6-9-16)12-19(14-20)24-18-10-7-11-21(26)15-18/h3-15,23-24,26,28H,1H2,2H3. The minimum Gasteiger partial charge on any atom is -0.508 e. The molecule has 0 spiro atoms. The Bertz CT molecular complexity index is 986. The van der Waals surface area contributed by atoms with Crippen molar-refractivity contribution < 1.29 is 15.0 Å². The Hall–Kier alpha value is -3.57. The number of carbonyl (C=O) groups excluding carboxylic acids is 1. The number of likely N-dealkylation sites (N-methyl/N-ethyl adjacent to an activating group) is 1. The van der Waals surface area contributed by atoms with E-state index in [1.807, 2.05) is 42.5 Å². The van der Waals surface area contributed by atoms with Gasteiger partial charge >= 0.3 is 0 Å². The first kappa shape index (κ1) is 19.2. The quantitative estimate of drug-likeness (QED) is 0.560. The van der Waals surface area contributed by atoms with Gasteiger partial charge in [0, 0.05) is 30.2 Å². The minimum absolute atomic E-state index is 0.143. The van der Waals surface area contributed by atoms with E-state index in [9.17, 15) is 15.0 Å². The zero-order valence-corrected chi connectivity index (χ0v) is 15.5. The van der Waals surface area contributed by atoms with Gasteiger partial charge in [-0.2, -0.15) is 0 Å². The van der Waals surface area contributed by atoms with Gasteiger partial charge in [-0.1, -0.05) is 43.0 Å². The number of nitrogens with zero attached hydrogens (tertiary/aromatic N) is 1. The number of hydrogen-bond acceptors (Lipinski definition) is 4. The molecule has 0 aliphatic heterocycles. The molecular formula is C23H22N2O3. The molecule has 0 aliphatic rings. The fourth-order valence-electron chi connectivity index (χ4n) is 2.90. The van der Waals surface area contributed by atoms with Crippen molar-refractivity contribution in [2.24, 2.45) is 0 Å². The van der Waals surface area contributed by atoms with Gasteiger partial charge in [-0.05, 0) is 47.5 Å². The molecule has 5 nitrogen and oxygen atoms in total. The zero-order valence-electron chi connectivity index (χ0n) is 15.5. The number of carbonyl (C=O) groups is 1. The maximum Gasteiger partial charge on any atom is 0.250 e. The first-order valence-electron chi connectivity index (χ1n) is 8.82. The molecule has 0 saturated carbocycles. The number of amides is 1. The molecule has 0 aliphatic carbocycles. The summed E-state index contributed by atoms with van der Waals surface area (Å²) < 4.78 is 0. The number of rotatable bonds is 6. The van der Waals surface area contributed by atoms with Crippen LogP contribution < -0.4 is 10.2 Å². The molecule has 3 rings (SSSR count). The summed E-state index contributed by atoms with van der Waals surface area (Å²) in [6, 6.07) is 21.4. The number of aliphatic hydroxyl groups excluding tert-OH is 1. The average Bonchev–Trinajstić information content (AvgIpc) is 2.72. The van der Waals surface area contributed by atoms with E-state index in [1.54, 1.807) is 37.4 Å². The van der Waals surface area contributed by atoms with Crippen LogP contribution in [0.2, 0.25) is 0 Å². The Kier molecular flexibility index (Phi) is 5.77. The first-order chi connectivity index (χ1) is 13.5. The Balaban J connectivity index is 2.03. The smallest absolute Gasteiger partial charge is 0.250 e. The lowest BCUT2D eigenvalue weighted by Gasteiger charge is -2.21. The molecule has 28 heavy (non-hydrogen) atoms. The summed E-state index contributed by atoms with van der Waals surface area (Å²) in [5.41, 5.74) is 3.36. The van der Waals surface area contributed by atoms with Crippen LogP contribution in [0.5, 0.6) is 5.75 Å². The van der Waals surface area contributed by atoms with Gasteiger partial charge in [0.15, 0.2) is 0 Å². The van der Waals surface area contributed by atoms with Gasteiger partial charge in [-0.15, -0.1) is 0 Å². The van der Waals surface area contributed by atoms with Crippen LogP contribution in [0.25, 0.3) is 0 Å². The van der Waals surface area contributed by atoms with Crippen LogP contribution in [-0.4, -0.2) is 23.2 Å². The number of hydrogen-bond donors (Lipinski definition) is 3. The van der Waals surface area contributed by atoms with Gasteiger partial charge in [0.25, 0.3) is 0 Å². The maximum atomic E-state index is 12.1. The van der Waals surface area contributed by atoms with Crippen LogP contribution in [0.15, 0.2) is 85.5 Å². The predicted molar refractivity (Wildman–Crippen MR) is 112 cm³/mol. The molecule has 1 atom stereocenters. The van der Waals surface area contributed by atoms with E-state index in [2.05, 4.69) is 11.9 Å². The summed E-state index contributed by atoms with van der Waals surface area (Å²) in [6.45, 7) is 3.53. The summed E-state index contributed by atoms with van der Waals surface area (Å²) in [6.07, 6.45) is 0.390. The Labute approximate surface area is 164 Å². The SMILES string of the molecule is C=CC(=O)N(C)c1cc(Nc2cccc(O)c2)cc(C(O)c2ccccc2)c1. The van der Waals surface area contributed by atoms with E-state index >= 15 is 0 Å². The molecular weight excluding hydrogens is 352 g/mol. The van der Waals surface area contributed by atoms with E-state index < -0.39 is 6.10 Å². The number of phenols is 1. The second-order valence-corrected chi connectivity index (χ2v) is 6.40. The van der Waals surface area contributed by atoms with Gasteiger partial charge in [-0.3, -0.25) is 4.79 Å². The zero-order chi connectivity index (χ0) is 20.1. The van der Waals surface area contributed by atoms with Crippen molar-refractivity contribution in [3.05, 3.63) is 96.6 Å². The highest BCUT2D eigenvalue weighted by molar-refractivity contribution is 6.01. The van der Waals surface area contributed by atoms with Gasteiger partial charge < -0.3 is 20.4 Å². The lowest BCUT2D eigenvalue weighted by atomic mass is 10.00. The molecule has 3 N–H and O–H groups in total. The van der Waals surface area contributed by atoms with Crippen LogP contribution in [-0.2, 0) is 4.79 Å². The molecule has 0 saturated heterocycles. The fraction of sp³-hybridized carbons (Fsp3) is 0.0870. The van der Waals surface area contributed by atoms with Crippen LogP contribution in [0.4, 0.5) is 17.1 Å². The van der Waals surface area contributed by atoms with Crippen molar-refractivity contribution >= 4 is 23.0 Å². The number of benzene rings is 3. The topological polar surface area (TPSA) is 72.8 Å². The molecule has 0 radical (unpaired) electrons. The highest BCUT2D eigenvalue weighted by atomic mass is 16.3. The van der Waals surface area contributed by atoms with E-state index in [0.717, 1.165) is 5.56 Å². The van der Waals surface area contributed by atoms with Crippen molar-refractivity contribution in [1.29, 1.82) is 0 Å². The van der Waals surface area contributed by atoms with E-state index in [0.29, 0.717) is 22.6 Å².